The molecule has 1 aliphatic heterocycles. The molecule has 2 heterocycles. The van der Waals surface area contributed by atoms with E-state index in [2.05, 4.69) is 4.98 Å². The van der Waals surface area contributed by atoms with Gasteiger partial charge in [0, 0.05) is 12.5 Å². The van der Waals surface area contributed by atoms with Gasteiger partial charge in [-0.25, -0.2) is 4.98 Å². The van der Waals surface area contributed by atoms with Crippen LogP contribution in [0.1, 0.15) is 47.7 Å². The molecule has 128 valence electrons. The highest BCUT2D eigenvalue weighted by atomic mass is 35.5. The van der Waals surface area contributed by atoms with Crippen LogP contribution in [0.25, 0.3) is 0 Å². The van der Waals surface area contributed by atoms with Crippen LogP contribution >= 0.6 is 23.2 Å². The Morgan fingerprint density at radius 2 is 2.12 bits per heavy atom. The SMILES string of the molecule is CC(C)c1ocnc1C(=O)N1CCO[C@H](c2ccc(Cl)c(Cl)c2)C1. The molecule has 1 aromatic heterocycles. The zero-order chi connectivity index (χ0) is 17.3. The molecule has 1 fully saturated rings. The van der Waals surface area contributed by atoms with E-state index in [0.717, 1.165) is 5.56 Å². The summed E-state index contributed by atoms with van der Waals surface area (Å²) >= 11 is 12.0. The number of halogens is 2. The van der Waals surface area contributed by atoms with Gasteiger partial charge >= 0.3 is 0 Å². The summed E-state index contributed by atoms with van der Waals surface area (Å²) in [5.41, 5.74) is 1.27. The van der Waals surface area contributed by atoms with E-state index in [1.165, 1.54) is 6.39 Å². The molecule has 0 N–H and O–H groups in total. The van der Waals surface area contributed by atoms with Gasteiger partial charge in [0.15, 0.2) is 12.1 Å². The first-order valence-electron chi connectivity index (χ1n) is 7.76. The number of carbonyl (C=O) groups excluding carboxylic acids is 1. The lowest BCUT2D eigenvalue weighted by Crippen LogP contribution is -2.42. The zero-order valence-corrected chi connectivity index (χ0v) is 15.0. The molecule has 0 aliphatic carbocycles. The number of rotatable bonds is 3. The standard InChI is InChI=1S/C17H18Cl2N2O3/c1-10(2)16-15(20-9-24-16)17(22)21-5-6-23-14(8-21)11-3-4-12(18)13(19)7-11/h3-4,7,9-10,14H,5-6,8H2,1-2H3/t14-/m0/s1. The molecular formula is C17H18Cl2N2O3. The predicted molar refractivity (Wildman–Crippen MR) is 91.7 cm³/mol. The van der Waals surface area contributed by atoms with E-state index >= 15 is 0 Å². The van der Waals surface area contributed by atoms with Crippen LogP contribution < -0.4 is 0 Å². The summed E-state index contributed by atoms with van der Waals surface area (Å²) in [6, 6.07) is 5.37. The number of morpholine rings is 1. The average molecular weight is 369 g/mol. The number of hydrogen-bond donors (Lipinski definition) is 0. The van der Waals surface area contributed by atoms with Gasteiger partial charge in [-0.05, 0) is 17.7 Å². The van der Waals surface area contributed by atoms with E-state index in [0.29, 0.717) is 41.2 Å². The molecule has 7 heteroatoms. The average Bonchev–Trinajstić information content (AvgIpc) is 3.07. The Morgan fingerprint density at radius 1 is 1.33 bits per heavy atom. The van der Waals surface area contributed by atoms with Crippen LogP contribution in [0, 0.1) is 0 Å². The van der Waals surface area contributed by atoms with Crippen molar-refractivity contribution in [2.45, 2.75) is 25.9 Å². The van der Waals surface area contributed by atoms with E-state index in [-0.39, 0.29) is 17.9 Å². The summed E-state index contributed by atoms with van der Waals surface area (Å²) in [6.45, 7) is 5.33. The molecule has 2 aromatic rings. The van der Waals surface area contributed by atoms with E-state index in [4.69, 9.17) is 32.4 Å². The van der Waals surface area contributed by atoms with E-state index < -0.39 is 0 Å². The van der Waals surface area contributed by atoms with Crippen LogP contribution in [0.4, 0.5) is 0 Å². The van der Waals surface area contributed by atoms with Crippen molar-refractivity contribution in [1.29, 1.82) is 0 Å². The third-order valence-corrected chi connectivity index (χ3v) is 4.73. The van der Waals surface area contributed by atoms with Gasteiger partial charge in [0.25, 0.3) is 5.91 Å². The number of aromatic nitrogens is 1. The first kappa shape index (κ1) is 17.3. The number of nitrogens with zero attached hydrogens (tertiary/aromatic N) is 2. The van der Waals surface area contributed by atoms with Crippen molar-refractivity contribution >= 4 is 29.1 Å². The van der Waals surface area contributed by atoms with E-state index in [1.807, 2.05) is 19.9 Å². The Morgan fingerprint density at radius 3 is 2.83 bits per heavy atom. The highest BCUT2D eigenvalue weighted by Gasteiger charge is 2.30. The second-order valence-corrected chi connectivity index (χ2v) is 6.82. The molecule has 1 saturated heterocycles. The summed E-state index contributed by atoms with van der Waals surface area (Å²) in [5.74, 6) is 0.566. The second kappa shape index (κ2) is 7.13. The number of hydrogen-bond acceptors (Lipinski definition) is 4. The van der Waals surface area contributed by atoms with Crippen LogP contribution in [-0.4, -0.2) is 35.5 Å². The number of amides is 1. The van der Waals surface area contributed by atoms with Crippen LogP contribution in [0.2, 0.25) is 10.0 Å². The zero-order valence-electron chi connectivity index (χ0n) is 13.5. The van der Waals surface area contributed by atoms with Crippen molar-refractivity contribution in [1.82, 2.24) is 9.88 Å². The molecule has 1 atom stereocenters. The monoisotopic (exact) mass is 368 g/mol. The molecule has 0 unspecified atom stereocenters. The Balaban J connectivity index is 1.79. The van der Waals surface area contributed by atoms with Gasteiger partial charge in [-0.15, -0.1) is 0 Å². The number of oxazole rings is 1. The fourth-order valence-corrected chi connectivity index (χ4v) is 3.03. The molecule has 0 saturated carbocycles. The fraction of sp³-hybridized carbons (Fsp3) is 0.412. The quantitative estimate of drug-likeness (QED) is 0.809. The molecular weight excluding hydrogens is 351 g/mol. The van der Waals surface area contributed by atoms with E-state index in [1.54, 1.807) is 17.0 Å². The molecule has 24 heavy (non-hydrogen) atoms. The third kappa shape index (κ3) is 3.43. The number of benzene rings is 1. The van der Waals surface area contributed by atoms with Gasteiger partial charge in [-0.2, -0.15) is 0 Å². The van der Waals surface area contributed by atoms with Crippen molar-refractivity contribution < 1.29 is 13.9 Å². The van der Waals surface area contributed by atoms with Crippen molar-refractivity contribution in [2.75, 3.05) is 19.7 Å². The normalized spacial score (nSPS) is 18.2. The summed E-state index contributed by atoms with van der Waals surface area (Å²) < 4.78 is 11.2. The topological polar surface area (TPSA) is 55.6 Å². The molecule has 5 nitrogen and oxygen atoms in total. The maximum absolute atomic E-state index is 12.8. The van der Waals surface area contributed by atoms with Crippen LogP contribution in [-0.2, 0) is 4.74 Å². The van der Waals surface area contributed by atoms with Gasteiger partial charge in [0.05, 0.1) is 23.2 Å². The highest BCUT2D eigenvalue weighted by molar-refractivity contribution is 6.42. The smallest absolute Gasteiger partial charge is 0.276 e. The molecule has 1 aliphatic rings. The lowest BCUT2D eigenvalue weighted by atomic mass is 10.1. The first-order valence-corrected chi connectivity index (χ1v) is 8.52. The van der Waals surface area contributed by atoms with Crippen LogP contribution in [0.15, 0.2) is 29.0 Å². The van der Waals surface area contributed by atoms with Crippen molar-refractivity contribution in [2.24, 2.45) is 0 Å². The Bertz CT molecular complexity index is 745. The molecule has 0 bridgehead atoms. The fourth-order valence-electron chi connectivity index (χ4n) is 2.72. The number of ether oxygens (including phenoxy) is 1. The summed E-state index contributed by atoms with van der Waals surface area (Å²) in [5, 5.41) is 0.966. The van der Waals surface area contributed by atoms with Gasteiger partial charge < -0.3 is 14.1 Å². The minimum Gasteiger partial charge on any atom is -0.447 e. The van der Waals surface area contributed by atoms with Crippen molar-refractivity contribution in [3.63, 3.8) is 0 Å². The summed E-state index contributed by atoms with van der Waals surface area (Å²) in [4.78, 5) is 18.6. The van der Waals surface area contributed by atoms with Gasteiger partial charge in [-0.3, -0.25) is 4.79 Å². The second-order valence-electron chi connectivity index (χ2n) is 6.00. The Kier molecular flexibility index (Phi) is 5.13. The molecule has 1 amide bonds. The summed E-state index contributed by atoms with van der Waals surface area (Å²) in [6.07, 6.45) is 1.08. The van der Waals surface area contributed by atoms with Gasteiger partial charge in [0.2, 0.25) is 0 Å². The van der Waals surface area contributed by atoms with Crippen LogP contribution in [0.5, 0.6) is 0 Å². The largest absolute Gasteiger partial charge is 0.447 e. The third-order valence-electron chi connectivity index (χ3n) is 3.99. The molecule has 0 spiro atoms. The number of carbonyl (C=O) groups is 1. The van der Waals surface area contributed by atoms with Gasteiger partial charge in [-0.1, -0.05) is 43.1 Å². The predicted octanol–water partition coefficient (Wildman–Crippen LogP) is 4.32. The lowest BCUT2D eigenvalue weighted by molar-refractivity contribution is -0.0230. The van der Waals surface area contributed by atoms with Crippen molar-refractivity contribution in [3.8, 4) is 0 Å². The van der Waals surface area contributed by atoms with Crippen LogP contribution in [0.3, 0.4) is 0 Å². The highest BCUT2D eigenvalue weighted by Crippen LogP contribution is 2.30. The Hall–Kier alpha value is -1.56. The molecule has 3 rings (SSSR count). The van der Waals surface area contributed by atoms with Gasteiger partial charge in [0.1, 0.15) is 11.9 Å². The Labute approximate surface area is 150 Å². The minimum atomic E-state index is -0.244. The van der Waals surface area contributed by atoms with E-state index in [9.17, 15) is 4.79 Å². The molecule has 1 aromatic carbocycles. The lowest BCUT2D eigenvalue weighted by Gasteiger charge is -2.33. The summed E-state index contributed by atoms with van der Waals surface area (Å²) in [7, 11) is 0. The maximum atomic E-state index is 12.8. The molecule has 0 radical (unpaired) electrons. The van der Waals surface area contributed by atoms with Crippen molar-refractivity contribution in [3.05, 3.63) is 51.7 Å². The maximum Gasteiger partial charge on any atom is 0.276 e. The first-order chi connectivity index (χ1) is 11.5. The minimum absolute atomic E-state index is 0.0957.